The van der Waals surface area contributed by atoms with Gasteiger partial charge in [0.1, 0.15) is 11.6 Å². The molecule has 0 aliphatic heterocycles. The van der Waals surface area contributed by atoms with Gasteiger partial charge in [-0.2, -0.15) is 0 Å². The molecule has 0 saturated heterocycles. The predicted octanol–water partition coefficient (Wildman–Crippen LogP) is 3.17. The lowest BCUT2D eigenvalue weighted by Gasteiger charge is -2.20. The molecule has 0 radical (unpaired) electrons. The third-order valence-electron chi connectivity index (χ3n) is 2.63. The van der Waals surface area contributed by atoms with Gasteiger partial charge in [0.15, 0.2) is 0 Å². The number of phenolic OH excluding ortho intramolecular Hbond substituents is 1. The molecule has 0 bridgehead atoms. The summed E-state index contributed by atoms with van der Waals surface area (Å²) in [6.45, 7) is 0.623. The number of halogens is 1. The molecule has 0 amide bonds. The lowest BCUT2D eigenvalue weighted by molar-refractivity contribution is 0.474. The summed E-state index contributed by atoms with van der Waals surface area (Å²) in [6, 6.07) is 13.5. The van der Waals surface area contributed by atoms with Crippen LogP contribution in [0.25, 0.3) is 0 Å². The summed E-state index contributed by atoms with van der Waals surface area (Å²) in [5.41, 5.74) is 1.76. The van der Waals surface area contributed by atoms with Crippen LogP contribution in [-0.2, 0) is 6.54 Å². The second-order valence-electron chi connectivity index (χ2n) is 3.97. The molecule has 17 heavy (non-hydrogen) atoms. The van der Waals surface area contributed by atoms with E-state index < -0.39 is 0 Å². The van der Waals surface area contributed by atoms with Gasteiger partial charge >= 0.3 is 0 Å². The number of hydrogen-bond acceptors (Lipinski definition) is 2. The third-order valence-corrected chi connectivity index (χ3v) is 2.63. The zero-order valence-corrected chi connectivity index (χ0v) is 9.60. The minimum absolute atomic E-state index is 0.237. The quantitative estimate of drug-likeness (QED) is 0.877. The fraction of sp³-hybridized carbons (Fsp3) is 0.143. The highest BCUT2D eigenvalue weighted by Crippen LogP contribution is 2.26. The second kappa shape index (κ2) is 4.87. The van der Waals surface area contributed by atoms with Crippen LogP contribution in [0.3, 0.4) is 0 Å². The molecule has 0 heterocycles. The summed E-state index contributed by atoms with van der Waals surface area (Å²) in [4.78, 5) is 1.92. The number of benzene rings is 2. The molecule has 0 aliphatic carbocycles. The number of aromatic hydroxyl groups is 1. The van der Waals surface area contributed by atoms with Gasteiger partial charge in [0.25, 0.3) is 0 Å². The van der Waals surface area contributed by atoms with Gasteiger partial charge in [0.05, 0.1) is 5.69 Å². The van der Waals surface area contributed by atoms with Gasteiger partial charge in [-0.25, -0.2) is 4.39 Å². The number of nitrogens with zero attached hydrogens (tertiary/aromatic N) is 1. The first-order chi connectivity index (χ1) is 8.16. The lowest BCUT2D eigenvalue weighted by atomic mass is 10.2. The van der Waals surface area contributed by atoms with Crippen LogP contribution in [0.15, 0.2) is 48.5 Å². The predicted molar refractivity (Wildman–Crippen MR) is 66.6 cm³/mol. The molecule has 0 saturated carbocycles. The molecule has 2 aromatic rings. The molecular weight excluding hydrogens is 217 g/mol. The summed E-state index contributed by atoms with van der Waals surface area (Å²) < 4.78 is 12.8. The van der Waals surface area contributed by atoms with Gasteiger partial charge in [0, 0.05) is 13.6 Å². The van der Waals surface area contributed by atoms with E-state index in [2.05, 4.69) is 0 Å². The fourth-order valence-corrected chi connectivity index (χ4v) is 1.74. The molecule has 1 N–H and O–H groups in total. The van der Waals surface area contributed by atoms with Crippen LogP contribution in [0.2, 0.25) is 0 Å². The van der Waals surface area contributed by atoms with Crippen LogP contribution >= 0.6 is 0 Å². The zero-order valence-electron chi connectivity index (χ0n) is 9.60. The molecule has 0 atom stereocenters. The normalized spacial score (nSPS) is 10.2. The zero-order chi connectivity index (χ0) is 12.3. The molecule has 2 aromatic carbocycles. The molecule has 88 valence electrons. The highest BCUT2D eigenvalue weighted by Gasteiger charge is 2.06. The molecule has 0 aliphatic rings. The van der Waals surface area contributed by atoms with Crippen LogP contribution in [0.5, 0.6) is 5.75 Å². The number of hydrogen-bond donors (Lipinski definition) is 1. The average molecular weight is 231 g/mol. The van der Waals surface area contributed by atoms with Crippen molar-refractivity contribution < 1.29 is 9.50 Å². The molecule has 0 unspecified atom stereocenters. The molecular formula is C14H14FNO. The van der Waals surface area contributed by atoms with Gasteiger partial charge < -0.3 is 10.0 Å². The Morgan fingerprint density at radius 2 is 1.71 bits per heavy atom. The highest BCUT2D eigenvalue weighted by atomic mass is 19.1. The van der Waals surface area contributed by atoms with E-state index in [1.165, 1.54) is 12.1 Å². The maximum atomic E-state index is 12.8. The van der Waals surface area contributed by atoms with E-state index in [9.17, 15) is 9.50 Å². The lowest BCUT2D eigenvalue weighted by Crippen LogP contribution is -2.16. The van der Waals surface area contributed by atoms with Crippen molar-refractivity contribution in [2.45, 2.75) is 6.54 Å². The molecule has 2 rings (SSSR count). The number of rotatable bonds is 3. The summed E-state index contributed by atoms with van der Waals surface area (Å²) >= 11 is 0. The van der Waals surface area contributed by atoms with Crippen molar-refractivity contribution in [3.8, 4) is 5.75 Å². The Kier molecular flexibility index (Phi) is 3.28. The van der Waals surface area contributed by atoms with Crippen LogP contribution in [0, 0.1) is 5.82 Å². The van der Waals surface area contributed by atoms with Crippen molar-refractivity contribution in [1.82, 2.24) is 0 Å². The standard InChI is InChI=1S/C14H14FNO/c1-16(13-4-2-3-5-14(13)17)10-11-6-8-12(15)9-7-11/h2-9,17H,10H2,1H3. The molecule has 3 heteroatoms. The Hall–Kier alpha value is -2.03. The van der Waals surface area contributed by atoms with Gasteiger partial charge in [-0.3, -0.25) is 0 Å². The van der Waals surface area contributed by atoms with E-state index in [-0.39, 0.29) is 11.6 Å². The number of phenols is 1. The first-order valence-corrected chi connectivity index (χ1v) is 5.40. The minimum atomic E-state index is -0.237. The first kappa shape index (κ1) is 11.5. The summed E-state index contributed by atoms with van der Waals surface area (Å²) in [6.07, 6.45) is 0. The number of para-hydroxylation sites is 2. The van der Waals surface area contributed by atoms with Crippen molar-refractivity contribution in [2.75, 3.05) is 11.9 Å². The SMILES string of the molecule is CN(Cc1ccc(F)cc1)c1ccccc1O. The largest absolute Gasteiger partial charge is 0.506 e. The summed E-state index contributed by atoms with van der Waals surface area (Å²) in [5, 5.41) is 9.70. The van der Waals surface area contributed by atoms with Crippen LogP contribution < -0.4 is 4.90 Å². The number of anilines is 1. The molecule has 0 fully saturated rings. The van der Waals surface area contributed by atoms with Crippen molar-refractivity contribution in [3.63, 3.8) is 0 Å². The maximum Gasteiger partial charge on any atom is 0.138 e. The van der Waals surface area contributed by atoms with E-state index in [0.717, 1.165) is 11.3 Å². The van der Waals surface area contributed by atoms with E-state index in [1.54, 1.807) is 24.3 Å². The molecule has 0 spiro atoms. The maximum absolute atomic E-state index is 12.8. The molecule has 2 nitrogen and oxygen atoms in total. The Morgan fingerprint density at radius 1 is 1.06 bits per heavy atom. The van der Waals surface area contributed by atoms with Gasteiger partial charge in [-0.15, -0.1) is 0 Å². The first-order valence-electron chi connectivity index (χ1n) is 5.40. The van der Waals surface area contributed by atoms with Crippen molar-refractivity contribution >= 4 is 5.69 Å². The van der Waals surface area contributed by atoms with E-state index in [1.807, 2.05) is 24.1 Å². The Morgan fingerprint density at radius 3 is 2.35 bits per heavy atom. The van der Waals surface area contributed by atoms with Crippen molar-refractivity contribution in [2.24, 2.45) is 0 Å². The van der Waals surface area contributed by atoms with E-state index in [0.29, 0.717) is 6.54 Å². The summed E-state index contributed by atoms with van der Waals surface area (Å²) in [5.74, 6) is 0.0103. The Balaban J connectivity index is 2.14. The highest BCUT2D eigenvalue weighted by molar-refractivity contribution is 5.57. The van der Waals surface area contributed by atoms with Crippen LogP contribution in [0.4, 0.5) is 10.1 Å². The van der Waals surface area contributed by atoms with E-state index >= 15 is 0 Å². The third kappa shape index (κ3) is 2.75. The topological polar surface area (TPSA) is 23.5 Å². The van der Waals surface area contributed by atoms with Gasteiger partial charge in [-0.05, 0) is 29.8 Å². The van der Waals surface area contributed by atoms with Crippen molar-refractivity contribution in [1.29, 1.82) is 0 Å². The average Bonchev–Trinajstić information content (AvgIpc) is 2.32. The fourth-order valence-electron chi connectivity index (χ4n) is 1.74. The van der Waals surface area contributed by atoms with Crippen molar-refractivity contribution in [3.05, 3.63) is 59.9 Å². The van der Waals surface area contributed by atoms with Crippen LogP contribution in [-0.4, -0.2) is 12.2 Å². The Labute approximate surface area is 99.9 Å². The molecule has 0 aromatic heterocycles. The van der Waals surface area contributed by atoms with Gasteiger partial charge in [-0.1, -0.05) is 24.3 Å². The minimum Gasteiger partial charge on any atom is -0.506 e. The second-order valence-corrected chi connectivity index (χ2v) is 3.97. The van der Waals surface area contributed by atoms with E-state index in [4.69, 9.17) is 0 Å². The summed E-state index contributed by atoms with van der Waals surface area (Å²) in [7, 11) is 1.89. The monoisotopic (exact) mass is 231 g/mol. The smallest absolute Gasteiger partial charge is 0.138 e. The van der Waals surface area contributed by atoms with Gasteiger partial charge in [0.2, 0.25) is 0 Å². The van der Waals surface area contributed by atoms with Crippen LogP contribution in [0.1, 0.15) is 5.56 Å². The Bertz CT molecular complexity index is 496.